The van der Waals surface area contributed by atoms with Crippen LogP contribution in [-0.2, 0) is 0 Å². The van der Waals surface area contributed by atoms with Crippen LogP contribution in [0.5, 0.6) is 0 Å². The molecule has 15 aromatic rings. The average molecular weight is 901 g/mol. The van der Waals surface area contributed by atoms with E-state index >= 15 is 0 Å². The third-order valence-electron chi connectivity index (χ3n) is 13.9. The fourth-order valence-electron chi connectivity index (χ4n) is 10.8. The quantitative estimate of drug-likeness (QED) is 0.173. The van der Waals surface area contributed by atoms with Gasteiger partial charge in [0.25, 0.3) is 0 Å². The molecule has 0 radical (unpaired) electrons. The van der Waals surface area contributed by atoms with Crippen molar-refractivity contribution in [2.45, 2.75) is 0 Å². The number of rotatable bonds is 5. The van der Waals surface area contributed by atoms with Crippen LogP contribution in [0.25, 0.3) is 140 Å². The first kappa shape index (κ1) is 37.8. The van der Waals surface area contributed by atoms with Crippen molar-refractivity contribution in [1.82, 2.24) is 19.1 Å². The second-order valence-electron chi connectivity index (χ2n) is 17.7. The molecule has 0 aliphatic carbocycles. The van der Waals surface area contributed by atoms with Gasteiger partial charge in [-0.3, -0.25) is 0 Å². The summed E-state index contributed by atoms with van der Waals surface area (Å²) in [5, 5.41) is 12.4. The van der Waals surface area contributed by atoms with E-state index in [2.05, 4.69) is 228 Å². The zero-order valence-electron chi connectivity index (χ0n) is 36.4. The van der Waals surface area contributed by atoms with Crippen molar-refractivity contribution in [1.29, 1.82) is 0 Å². The van der Waals surface area contributed by atoms with E-state index in [0.717, 1.165) is 49.8 Å². The summed E-state index contributed by atoms with van der Waals surface area (Å²) in [5.74, 6) is 0.725. The number of benzene rings is 10. The van der Waals surface area contributed by atoms with Gasteiger partial charge in [-0.05, 0) is 108 Å². The first-order chi connectivity index (χ1) is 33.7. The highest BCUT2D eigenvalue weighted by atomic mass is 32.1. The fraction of sp³-hybridized carbons (Fsp3) is 0. The van der Waals surface area contributed by atoms with Gasteiger partial charge in [-0.1, -0.05) is 127 Å². The molecule has 0 unspecified atom stereocenters. The molecule has 0 spiro atoms. The number of nitrogens with zero attached hydrogens (tertiary/aromatic N) is 4. The van der Waals surface area contributed by atoms with Crippen LogP contribution in [0.3, 0.4) is 0 Å². The molecule has 15 rings (SSSR count). The minimum atomic E-state index is 0.725. The molecule has 316 valence electrons. The van der Waals surface area contributed by atoms with E-state index in [0.29, 0.717) is 0 Å². The van der Waals surface area contributed by atoms with E-state index in [1.807, 2.05) is 11.3 Å². The minimum Gasteiger partial charge on any atom is -0.309 e. The summed E-state index contributed by atoms with van der Waals surface area (Å²) in [7, 11) is 0. The van der Waals surface area contributed by atoms with Gasteiger partial charge >= 0.3 is 0 Å². The van der Waals surface area contributed by atoms with Gasteiger partial charge in [-0.15, -0.1) is 22.7 Å². The van der Waals surface area contributed by atoms with Crippen LogP contribution in [0, 0.1) is 0 Å². The number of hydrogen-bond donors (Lipinski definition) is 0. The van der Waals surface area contributed by atoms with Crippen molar-refractivity contribution in [3.05, 3.63) is 218 Å². The summed E-state index contributed by atoms with van der Waals surface area (Å²) < 4.78 is 8.68. The zero-order chi connectivity index (χ0) is 44.5. The van der Waals surface area contributed by atoms with Gasteiger partial charge in [0.15, 0.2) is 5.82 Å². The van der Waals surface area contributed by atoms with Gasteiger partial charge in [-0.2, -0.15) is 0 Å². The molecule has 0 saturated carbocycles. The third-order valence-corrected chi connectivity index (χ3v) is 16.2. The van der Waals surface area contributed by atoms with Crippen LogP contribution in [0.4, 0.5) is 0 Å². The van der Waals surface area contributed by atoms with E-state index in [-0.39, 0.29) is 0 Å². The van der Waals surface area contributed by atoms with E-state index < -0.39 is 0 Å². The summed E-state index contributed by atoms with van der Waals surface area (Å²) >= 11 is 3.62. The maximum Gasteiger partial charge on any atom is 0.161 e. The molecule has 0 atom stereocenters. The first-order valence-electron chi connectivity index (χ1n) is 23.0. The van der Waals surface area contributed by atoms with Crippen LogP contribution >= 0.6 is 22.7 Å². The summed E-state index contributed by atoms with van der Waals surface area (Å²) in [6, 6.07) is 79.6. The molecule has 10 aromatic carbocycles. The normalized spacial score (nSPS) is 12.1. The topological polar surface area (TPSA) is 35.6 Å². The lowest BCUT2D eigenvalue weighted by Gasteiger charge is -2.11. The predicted molar refractivity (Wildman–Crippen MR) is 290 cm³/mol. The van der Waals surface area contributed by atoms with Gasteiger partial charge < -0.3 is 9.13 Å². The van der Waals surface area contributed by atoms with Crippen LogP contribution < -0.4 is 0 Å². The van der Waals surface area contributed by atoms with Crippen molar-refractivity contribution in [2.24, 2.45) is 0 Å². The third kappa shape index (κ3) is 5.59. The number of hydrogen-bond acceptors (Lipinski definition) is 4. The Hall–Kier alpha value is -8.42. The van der Waals surface area contributed by atoms with E-state index in [1.165, 1.54) is 90.3 Å². The fourth-order valence-corrected chi connectivity index (χ4v) is 13.1. The first-order valence-corrected chi connectivity index (χ1v) is 24.6. The van der Waals surface area contributed by atoms with Crippen molar-refractivity contribution in [2.75, 3.05) is 0 Å². The molecule has 0 bridgehead atoms. The lowest BCUT2D eigenvalue weighted by molar-refractivity contribution is 1.18. The molecule has 5 aromatic heterocycles. The average Bonchev–Trinajstić information content (AvgIpc) is 4.16. The lowest BCUT2D eigenvalue weighted by atomic mass is 9.99. The van der Waals surface area contributed by atoms with Gasteiger partial charge in [-0.25, -0.2) is 9.97 Å². The molecular weight excluding hydrogens is 865 g/mol. The van der Waals surface area contributed by atoms with Crippen LogP contribution in [0.2, 0.25) is 0 Å². The standard InChI is InChI=1S/C62H36N4S2/c1-3-13-37(14-4-1)59-58-47-19-9-12-22-57(47)68-62(58)64-61(63-59)38-23-28-43(29-24-38)66-54-32-27-40(39-26-31-53-49(33-39)44-17-7-10-20-52(44)65(53)42-15-5-2-6-16-42)34-50(54)51-35-41-25-30-46-45-18-8-11-21-56(45)67-60(46)48(41)36-55(51)66/h1-36H. The minimum absolute atomic E-state index is 0.725. The lowest BCUT2D eigenvalue weighted by Crippen LogP contribution is -1.96. The van der Waals surface area contributed by atoms with Gasteiger partial charge in [0.1, 0.15) is 4.83 Å². The summed E-state index contributed by atoms with van der Waals surface area (Å²) in [6.45, 7) is 0. The van der Waals surface area contributed by atoms with Crippen molar-refractivity contribution in [3.8, 4) is 45.1 Å². The molecule has 0 fully saturated rings. The number of fused-ring (bicyclic) bond motifs is 14. The highest BCUT2D eigenvalue weighted by molar-refractivity contribution is 7.26. The molecule has 0 saturated heterocycles. The van der Waals surface area contributed by atoms with Gasteiger partial charge in [0.2, 0.25) is 0 Å². The Labute approximate surface area is 397 Å². The van der Waals surface area contributed by atoms with Crippen molar-refractivity contribution < 1.29 is 0 Å². The largest absolute Gasteiger partial charge is 0.309 e. The van der Waals surface area contributed by atoms with E-state index in [1.54, 1.807) is 11.3 Å². The second-order valence-corrected chi connectivity index (χ2v) is 19.8. The molecule has 0 aliphatic heterocycles. The van der Waals surface area contributed by atoms with Crippen LogP contribution in [0.15, 0.2) is 218 Å². The summed E-state index contributed by atoms with van der Waals surface area (Å²) in [4.78, 5) is 11.5. The highest BCUT2D eigenvalue weighted by Gasteiger charge is 2.20. The maximum absolute atomic E-state index is 5.32. The Morgan fingerprint density at radius 3 is 1.66 bits per heavy atom. The van der Waals surface area contributed by atoms with Gasteiger partial charge in [0, 0.05) is 85.1 Å². The number of para-hydroxylation sites is 2. The SMILES string of the molecule is c1ccc(-c2nc(-c3ccc(-n4c5ccc(-c6ccc7c(c6)c6ccccc6n7-c6ccccc6)cc5c5cc6ccc7c8ccccc8sc7c6cc54)cc3)nc3sc4ccccc4c23)cc1. The molecule has 68 heavy (non-hydrogen) atoms. The second kappa shape index (κ2) is 14.5. The molecule has 0 aliphatic rings. The van der Waals surface area contributed by atoms with Crippen LogP contribution in [-0.4, -0.2) is 19.1 Å². The van der Waals surface area contributed by atoms with E-state index in [9.17, 15) is 0 Å². The number of thiophene rings is 2. The Kier molecular flexibility index (Phi) is 8.07. The molecule has 5 heterocycles. The Morgan fingerprint density at radius 1 is 0.324 bits per heavy atom. The Balaban J connectivity index is 0.927. The molecule has 0 amide bonds. The van der Waals surface area contributed by atoms with Crippen molar-refractivity contribution in [3.63, 3.8) is 0 Å². The Morgan fingerprint density at radius 2 is 0.897 bits per heavy atom. The zero-order valence-corrected chi connectivity index (χ0v) is 38.0. The molecule has 0 N–H and O–H groups in total. The van der Waals surface area contributed by atoms with E-state index in [4.69, 9.17) is 9.97 Å². The smallest absolute Gasteiger partial charge is 0.161 e. The maximum atomic E-state index is 5.32. The number of aromatic nitrogens is 4. The Bertz CT molecular complexity index is 4540. The monoisotopic (exact) mass is 900 g/mol. The van der Waals surface area contributed by atoms with Gasteiger partial charge in [0.05, 0.1) is 27.8 Å². The predicted octanol–water partition coefficient (Wildman–Crippen LogP) is 17.6. The summed E-state index contributed by atoms with van der Waals surface area (Å²) in [6.07, 6.45) is 0. The van der Waals surface area contributed by atoms with Crippen LogP contribution in [0.1, 0.15) is 0 Å². The molecule has 4 nitrogen and oxygen atoms in total. The summed E-state index contributed by atoms with van der Waals surface area (Å²) in [5.41, 5.74) is 12.4. The molecule has 6 heteroatoms. The van der Waals surface area contributed by atoms with Crippen molar-refractivity contribution >= 4 is 118 Å². The molecular formula is C62H36N4S2. The highest BCUT2D eigenvalue weighted by Crippen LogP contribution is 2.44.